The van der Waals surface area contributed by atoms with E-state index in [0.29, 0.717) is 0 Å². The second-order valence-corrected chi connectivity index (χ2v) is 9.21. The van der Waals surface area contributed by atoms with Crippen LogP contribution in [-0.4, -0.2) is 13.0 Å². The molecule has 0 saturated carbocycles. The lowest BCUT2D eigenvalue weighted by molar-refractivity contribution is -0.641. The van der Waals surface area contributed by atoms with Crippen molar-refractivity contribution in [3.8, 4) is 0 Å². The minimum absolute atomic E-state index is 0.178. The van der Waals surface area contributed by atoms with Crippen molar-refractivity contribution in [3.63, 3.8) is 0 Å². The summed E-state index contributed by atoms with van der Waals surface area (Å²) in [5, 5.41) is 5.39. The number of benzene rings is 4. The van der Waals surface area contributed by atoms with Gasteiger partial charge in [0.15, 0.2) is 0 Å². The molecule has 5 heteroatoms. The molecule has 0 aliphatic heterocycles. The third kappa shape index (κ3) is 4.09. The quantitative estimate of drug-likeness (QED) is 0.153. The zero-order chi connectivity index (χ0) is 22.9. The lowest BCUT2D eigenvalue weighted by Crippen LogP contribution is -2.34. The molecule has 5 rings (SSSR count). The van der Waals surface area contributed by atoms with Crippen LogP contribution in [0.15, 0.2) is 89.8 Å². The maximum absolute atomic E-state index is 10.4. The Bertz CT molecular complexity index is 1540. The molecule has 0 spiro atoms. The van der Waals surface area contributed by atoms with Gasteiger partial charge in [-0.3, -0.25) is 0 Å². The zero-order valence-electron chi connectivity index (χ0n) is 18.4. The van der Waals surface area contributed by atoms with Crippen molar-refractivity contribution in [2.24, 2.45) is 0 Å². The second-order valence-electron chi connectivity index (χ2n) is 7.83. The topological polar surface area (TPSA) is 61.1 Å². The molecule has 0 aliphatic carbocycles. The van der Waals surface area contributed by atoms with Crippen LogP contribution in [0, 0.1) is 13.8 Å². The number of rotatable bonds is 2. The van der Waals surface area contributed by atoms with Crippen LogP contribution in [0.5, 0.6) is 0 Å². The molecule has 0 atom stereocenters. The van der Waals surface area contributed by atoms with Gasteiger partial charge in [0.05, 0.1) is 10.3 Å². The fraction of sp³-hybridized carbons (Fsp3) is 0.148. The zero-order valence-corrected chi connectivity index (χ0v) is 19.2. The predicted molar refractivity (Wildman–Crippen MR) is 129 cm³/mol. The summed E-state index contributed by atoms with van der Waals surface area (Å²) in [4.78, 5) is -0.178. The highest BCUT2D eigenvalue weighted by molar-refractivity contribution is 7.85. The van der Waals surface area contributed by atoms with Crippen LogP contribution in [0.25, 0.3) is 32.6 Å². The van der Waals surface area contributed by atoms with Crippen molar-refractivity contribution in [2.75, 3.05) is 0 Å². The summed E-state index contributed by atoms with van der Waals surface area (Å²) in [5.74, 6) is 0. The van der Waals surface area contributed by atoms with E-state index in [-0.39, 0.29) is 4.90 Å². The fourth-order valence-corrected chi connectivity index (χ4v) is 4.68. The summed E-state index contributed by atoms with van der Waals surface area (Å²) in [6, 6.07) is 27.7. The third-order valence-corrected chi connectivity index (χ3v) is 6.65. The second kappa shape index (κ2) is 8.69. The van der Waals surface area contributed by atoms with Crippen LogP contribution in [0.3, 0.4) is 0 Å². The third-order valence-electron chi connectivity index (χ3n) is 5.80. The van der Waals surface area contributed by atoms with E-state index in [1.807, 2.05) is 6.92 Å². The van der Waals surface area contributed by atoms with E-state index in [0.717, 1.165) is 12.1 Å². The lowest BCUT2D eigenvalue weighted by Gasteiger charge is -2.10. The largest absolute Gasteiger partial charge is 0.744 e. The van der Waals surface area contributed by atoms with E-state index in [1.54, 1.807) is 12.1 Å². The lowest BCUT2D eigenvalue weighted by atomic mass is 9.98. The van der Waals surface area contributed by atoms with Gasteiger partial charge < -0.3 is 4.55 Å². The SMILES string of the molecule is CC[n+]1c2ccccc2c(C)c2c3ccccc3ccc21.Cc1ccc(S(=O)(=O)[O-])cc1. The number of pyridine rings is 1. The molecule has 0 bridgehead atoms. The van der Waals surface area contributed by atoms with Crippen LogP contribution in [0.1, 0.15) is 18.1 Å². The molecule has 0 amide bonds. The first-order chi connectivity index (χ1) is 15.3. The Labute approximate surface area is 188 Å². The molecule has 0 radical (unpaired) electrons. The van der Waals surface area contributed by atoms with Gasteiger partial charge in [-0.2, -0.15) is 4.57 Å². The molecule has 5 aromatic rings. The van der Waals surface area contributed by atoms with Gasteiger partial charge in [-0.25, -0.2) is 8.42 Å². The van der Waals surface area contributed by atoms with Gasteiger partial charge in [0.1, 0.15) is 16.7 Å². The van der Waals surface area contributed by atoms with E-state index in [2.05, 4.69) is 79.1 Å². The number of fused-ring (bicyclic) bond motifs is 4. The van der Waals surface area contributed by atoms with Crippen LogP contribution in [-0.2, 0) is 16.7 Å². The van der Waals surface area contributed by atoms with E-state index >= 15 is 0 Å². The van der Waals surface area contributed by atoms with Crippen molar-refractivity contribution in [3.05, 3.63) is 96.1 Å². The summed E-state index contributed by atoms with van der Waals surface area (Å²) in [7, 11) is -4.27. The summed E-state index contributed by atoms with van der Waals surface area (Å²) in [6.45, 7) is 7.27. The average molecular weight is 444 g/mol. The van der Waals surface area contributed by atoms with Gasteiger partial charge in [-0.15, -0.1) is 0 Å². The molecule has 32 heavy (non-hydrogen) atoms. The smallest absolute Gasteiger partial charge is 0.213 e. The molecule has 0 unspecified atom stereocenters. The molecular formula is C27H25NO3S. The molecule has 4 aromatic carbocycles. The summed E-state index contributed by atoms with van der Waals surface area (Å²) < 4.78 is 33.6. The van der Waals surface area contributed by atoms with Gasteiger partial charge in [0.25, 0.3) is 0 Å². The van der Waals surface area contributed by atoms with E-state index in [1.165, 1.54) is 50.3 Å². The monoisotopic (exact) mass is 443 g/mol. The van der Waals surface area contributed by atoms with Crippen molar-refractivity contribution in [2.45, 2.75) is 32.2 Å². The van der Waals surface area contributed by atoms with Gasteiger partial charge in [0.2, 0.25) is 11.0 Å². The number of para-hydroxylation sites is 1. The molecule has 1 heterocycles. The molecular weight excluding hydrogens is 418 g/mol. The Morgan fingerprint density at radius 1 is 0.750 bits per heavy atom. The van der Waals surface area contributed by atoms with Gasteiger partial charge in [-0.1, -0.05) is 54.1 Å². The van der Waals surface area contributed by atoms with Crippen LogP contribution in [0.4, 0.5) is 0 Å². The summed E-state index contributed by atoms with van der Waals surface area (Å²) >= 11 is 0. The molecule has 0 N–H and O–H groups in total. The minimum Gasteiger partial charge on any atom is -0.744 e. The Morgan fingerprint density at radius 2 is 1.38 bits per heavy atom. The van der Waals surface area contributed by atoms with E-state index in [4.69, 9.17) is 0 Å². The molecule has 1 aromatic heterocycles. The van der Waals surface area contributed by atoms with Crippen LogP contribution >= 0.6 is 0 Å². The highest BCUT2D eigenvalue weighted by Gasteiger charge is 2.18. The minimum atomic E-state index is -4.27. The summed E-state index contributed by atoms with van der Waals surface area (Å²) in [5.41, 5.74) is 4.95. The van der Waals surface area contributed by atoms with Crippen LogP contribution < -0.4 is 4.57 Å². The van der Waals surface area contributed by atoms with Crippen molar-refractivity contribution in [1.29, 1.82) is 0 Å². The average Bonchev–Trinajstić information content (AvgIpc) is 2.79. The first-order valence-electron chi connectivity index (χ1n) is 10.6. The Balaban J connectivity index is 0.000000189. The Morgan fingerprint density at radius 3 is 2.03 bits per heavy atom. The molecule has 4 nitrogen and oxygen atoms in total. The van der Waals surface area contributed by atoms with Crippen molar-refractivity contribution in [1.82, 2.24) is 0 Å². The first kappa shape index (κ1) is 21.9. The predicted octanol–water partition coefficient (Wildman–Crippen LogP) is 5.66. The van der Waals surface area contributed by atoms with Crippen molar-refractivity contribution >= 4 is 42.7 Å². The molecule has 0 aliphatic rings. The van der Waals surface area contributed by atoms with Crippen LogP contribution in [0.2, 0.25) is 0 Å². The standard InChI is InChI=1S/C20H18N.C7H8O3S/c1-3-21-18-11-7-6-9-16(18)14(2)20-17-10-5-4-8-15(17)12-13-19(20)21;1-6-2-4-7(5-3-6)11(8,9)10/h4-13H,3H2,1-2H3;2-5H,1H3,(H,8,9,10)/q+1;/p-1. The van der Waals surface area contributed by atoms with Crippen molar-refractivity contribution < 1.29 is 17.5 Å². The number of nitrogens with zero attached hydrogens (tertiary/aromatic N) is 1. The highest BCUT2D eigenvalue weighted by atomic mass is 32.2. The van der Waals surface area contributed by atoms with Gasteiger partial charge in [-0.05, 0) is 61.4 Å². The summed E-state index contributed by atoms with van der Waals surface area (Å²) in [6.07, 6.45) is 0. The highest BCUT2D eigenvalue weighted by Crippen LogP contribution is 2.30. The Kier molecular flexibility index (Phi) is 5.96. The molecule has 162 valence electrons. The normalized spacial score (nSPS) is 11.5. The Hall–Kier alpha value is -3.28. The number of aryl methyl sites for hydroxylation is 3. The number of aromatic nitrogens is 1. The van der Waals surface area contributed by atoms with E-state index in [9.17, 15) is 13.0 Å². The van der Waals surface area contributed by atoms with E-state index < -0.39 is 10.1 Å². The fourth-order valence-electron chi connectivity index (χ4n) is 4.22. The van der Waals surface area contributed by atoms with Gasteiger partial charge in [0, 0.05) is 17.5 Å². The number of hydrogen-bond donors (Lipinski definition) is 0. The molecule has 0 saturated heterocycles. The van der Waals surface area contributed by atoms with Gasteiger partial charge >= 0.3 is 0 Å². The maximum atomic E-state index is 10.4. The molecule has 0 fully saturated rings. The number of hydrogen-bond acceptors (Lipinski definition) is 3. The maximum Gasteiger partial charge on any atom is 0.213 e. The first-order valence-corrected chi connectivity index (χ1v) is 12.0.